The Morgan fingerprint density at radius 3 is 2.70 bits per heavy atom. The van der Waals surface area contributed by atoms with Gasteiger partial charge >= 0.3 is 0 Å². The third-order valence-corrected chi connectivity index (χ3v) is 3.67. The van der Waals surface area contributed by atoms with E-state index in [2.05, 4.69) is 20.4 Å². The van der Waals surface area contributed by atoms with Crippen LogP contribution in [-0.2, 0) is 6.54 Å². The molecule has 0 aliphatic carbocycles. The minimum Gasteiger partial charge on any atom is -0.454 e. The van der Waals surface area contributed by atoms with Gasteiger partial charge in [-0.2, -0.15) is 4.98 Å². The maximum atomic E-state index is 5.37. The predicted octanol–water partition coefficient (Wildman–Crippen LogP) is 1.71. The fraction of sp³-hybridized carbons (Fsp3) is 0.429. The van der Waals surface area contributed by atoms with Gasteiger partial charge < -0.3 is 19.3 Å². The molecular formula is C14H18Cl2N4O3. The van der Waals surface area contributed by atoms with Gasteiger partial charge in [0.25, 0.3) is 0 Å². The van der Waals surface area contributed by atoms with Crippen molar-refractivity contribution in [3.8, 4) is 22.9 Å². The highest BCUT2D eigenvalue weighted by Gasteiger charge is 2.18. The molecule has 2 aliphatic rings. The van der Waals surface area contributed by atoms with Gasteiger partial charge in [-0.1, -0.05) is 5.16 Å². The van der Waals surface area contributed by atoms with E-state index in [0.29, 0.717) is 18.3 Å². The largest absolute Gasteiger partial charge is 0.454 e. The Morgan fingerprint density at radius 1 is 1.09 bits per heavy atom. The molecule has 126 valence electrons. The van der Waals surface area contributed by atoms with E-state index >= 15 is 0 Å². The molecule has 0 amide bonds. The number of piperazine rings is 1. The van der Waals surface area contributed by atoms with Gasteiger partial charge in [0.05, 0.1) is 6.54 Å². The lowest BCUT2D eigenvalue weighted by Crippen LogP contribution is -2.42. The van der Waals surface area contributed by atoms with Crippen LogP contribution in [0, 0.1) is 0 Å². The second-order valence-corrected chi connectivity index (χ2v) is 5.11. The molecule has 9 heteroatoms. The van der Waals surface area contributed by atoms with Crippen molar-refractivity contribution < 1.29 is 14.0 Å². The quantitative estimate of drug-likeness (QED) is 0.892. The molecule has 2 aliphatic heterocycles. The second-order valence-electron chi connectivity index (χ2n) is 5.11. The van der Waals surface area contributed by atoms with E-state index in [0.717, 1.165) is 43.2 Å². The number of nitrogens with one attached hydrogen (secondary N) is 1. The van der Waals surface area contributed by atoms with Crippen LogP contribution in [0.5, 0.6) is 11.5 Å². The molecule has 0 bridgehead atoms. The number of fused-ring (bicyclic) bond motifs is 1. The van der Waals surface area contributed by atoms with Gasteiger partial charge in [-0.15, -0.1) is 24.8 Å². The van der Waals surface area contributed by atoms with E-state index in [1.165, 1.54) is 0 Å². The van der Waals surface area contributed by atoms with E-state index in [4.69, 9.17) is 14.0 Å². The fourth-order valence-electron chi connectivity index (χ4n) is 2.53. The van der Waals surface area contributed by atoms with Gasteiger partial charge in [0.15, 0.2) is 11.5 Å². The molecule has 0 atom stereocenters. The molecule has 1 aromatic heterocycles. The molecule has 1 aromatic carbocycles. The topological polar surface area (TPSA) is 72.7 Å². The van der Waals surface area contributed by atoms with Crippen molar-refractivity contribution in [3.63, 3.8) is 0 Å². The zero-order valence-corrected chi connectivity index (χ0v) is 14.0. The van der Waals surface area contributed by atoms with Crippen molar-refractivity contribution >= 4 is 24.8 Å². The summed E-state index contributed by atoms with van der Waals surface area (Å²) in [5.41, 5.74) is 0.870. The lowest BCUT2D eigenvalue weighted by atomic mass is 10.2. The summed E-state index contributed by atoms with van der Waals surface area (Å²) in [4.78, 5) is 6.76. The molecular weight excluding hydrogens is 343 g/mol. The first kappa shape index (κ1) is 17.8. The minimum atomic E-state index is 0. The molecule has 7 nitrogen and oxygen atoms in total. The van der Waals surface area contributed by atoms with E-state index in [9.17, 15) is 0 Å². The maximum absolute atomic E-state index is 5.37. The highest BCUT2D eigenvalue weighted by atomic mass is 35.5. The average molecular weight is 361 g/mol. The molecule has 4 rings (SSSR count). The normalized spacial score (nSPS) is 16.5. The molecule has 23 heavy (non-hydrogen) atoms. The Morgan fingerprint density at radius 2 is 1.87 bits per heavy atom. The van der Waals surface area contributed by atoms with Crippen LogP contribution in [0.4, 0.5) is 0 Å². The Labute approximate surface area is 146 Å². The maximum Gasteiger partial charge on any atom is 0.241 e. The molecule has 1 fully saturated rings. The Hall–Kier alpha value is -1.54. The van der Waals surface area contributed by atoms with E-state index in [1.807, 2.05) is 18.2 Å². The lowest BCUT2D eigenvalue weighted by molar-refractivity contribution is 0.174. The minimum absolute atomic E-state index is 0. The summed E-state index contributed by atoms with van der Waals surface area (Å²) >= 11 is 0. The summed E-state index contributed by atoms with van der Waals surface area (Å²) in [6.07, 6.45) is 0. The van der Waals surface area contributed by atoms with Crippen LogP contribution in [-0.4, -0.2) is 48.0 Å². The van der Waals surface area contributed by atoms with Gasteiger partial charge in [0.2, 0.25) is 18.5 Å². The van der Waals surface area contributed by atoms with Crippen molar-refractivity contribution in [1.29, 1.82) is 0 Å². The Kier molecular flexibility index (Phi) is 6.06. The first-order valence-electron chi connectivity index (χ1n) is 7.04. The van der Waals surface area contributed by atoms with Crippen LogP contribution < -0.4 is 14.8 Å². The van der Waals surface area contributed by atoms with Crippen molar-refractivity contribution in [2.75, 3.05) is 33.0 Å². The number of rotatable bonds is 3. The van der Waals surface area contributed by atoms with Crippen molar-refractivity contribution in [1.82, 2.24) is 20.4 Å². The van der Waals surface area contributed by atoms with Gasteiger partial charge in [0, 0.05) is 31.7 Å². The number of benzene rings is 1. The molecule has 3 heterocycles. The zero-order chi connectivity index (χ0) is 14.1. The van der Waals surface area contributed by atoms with Crippen LogP contribution in [0.15, 0.2) is 22.7 Å². The standard InChI is InChI=1S/C14H16N4O3.2ClH/c1-2-11-12(20-9-19-11)7-10(1)14-16-13(21-17-14)8-18-5-3-15-4-6-18;;/h1-2,7,15H,3-6,8-9H2;2*1H. The lowest BCUT2D eigenvalue weighted by Gasteiger charge is -2.25. The van der Waals surface area contributed by atoms with E-state index < -0.39 is 0 Å². The van der Waals surface area contributed by atoms with Gasteiger partial charge in [-0.25, -0.2) is 0 Å². The summed E-state index contributed by atoms with van der Waals surface area (Å²) in [5, 5.41) is 7.37. The molecule has 1 N–H and O–H groups in total. The molecule has 0 radical (unpaired) electrons. The molecule has 1 saturated heterocycles. The molecule has 0 unspecified atom stereocenters. The van der Waals surface area contributed by atoms with Gasteiger partial charge in [-0.05, 0) is 18.2 Å². The second kappa shape index (κ2) is 7.83. The van der Waals surface area contributed by atoms with E-state index in [1.54, 1.807) is 0 Å². The molecule has 2 aromatic rings. The third kappa shape index (κ3) is 3.87. The Bertz CT molecular complexity index is 647. The van der Waals surface area contributed by atoms with Crippen LogP contribution in [0.25, 0.3) is 11.4 Å². The average Bonchev–Trinajstić information content (AvgIpc) is 3.16. The summed E-state index contributed by atoms with van der Waals surface area (Å²) < 4.78 is 16.0. The molecule has 0 saturated carbocycles. The van der Waals surface area contributed by atoms with Crippen LogP contribution in [0.1, 0.15) is 5.89 Å². The van der Waals surface area contributed by atoms with Crippen LogP contribution in [0.2, 0.25) is 0 Å². The zero-order valence-electron chi connectivity index (χ0n) is 12.4. The number of aromatic nitrogens is 2. The fourth-order valence-corrected chi connectivity index (χ4v) is 2.53. The summed E-state index contributed by atoms with van der Waals surface area (Å²) in [5.74, 6) is 2.70. The highest BCUT2D eigenvalue weighted by Crippen LogP contribution is 2.35. The SMILES string of the molecule is Cl.Cl.c1cc2c(cc1-c1noc(CN3CCNCC3)n1)OCO2. The first-order valence-corrected chi connectivity index (χ1v) is 7.04. The Balaban J connectivity index is 0.000000960. The van der Waals surface area contributed by atoms with E-state index in [-0.39, 0.29) is 31.6 Å². The summed E-state index contributed by atoms with van der Waals surface area (Å²) in [6, 6.07) is 5.65. The van der Waals surface area contributed by atoms with Crippen molar-refractivity contribution in [2.45, 2.75) is 6.54 Å². The van der Waals surface area contributed by atoms with Gasteiger partial charge in [0.1, 0.15) is 0 Å². The number of hydrogen-bond donors (Lipinski definition) is 1. The smallest absolute Gasteiger partial charge is 0.241 e. The van der Waals surface area contributed by atoms with Crippen LogP contribution in [0.3, 0.4) is 0 Å². The van der Waals surface area contributed by atoms with Gasteiger partial charge in [-0.3, -0.25) is 4.90 Å². The van der Waals surface area contributed by atoms with Crippen molar-refractivity contribution in [2.24, 2.45) is 0 Å². The number of ether oxygens (including phenoxy) is 2. The monoisotopic (exact) mass is 360 g/mol. The molecule has 0 spiro atoms. The number of nitrogens with zero attached hydrogens (tertiary/aromatic N) is 3. The number of hydrogen-bond acceptors (Lipinski definition) is 7. The van der Waals surface area contributed by atoms with Crippen molar-refractivity contribution in [3.05, 3.63) is 24.1 Å². The first-order chi connectivity index (χ1) is 10.4. The van der Waals surface area contributed by atoms with Crippen LogP contribution >= 0.6 is 24.8 Å². The third-order valence-electron chi connectivity index (χ3n) is 3.67. The highest BCUT2D eigenvalue weighted by molar-refractivity contribution is 5.85. The number of halogens is 2. The summed E-state index contributed by atoms with van der Waals surface area (Å²) in [6.45, 7) is 4.97. The summed E-state index contributed by atoms with van der Waals surface area (Å²) in [7, 11) is 0. The predicted molar refractivity (Wildman–Crippen MR) is 88.5 cm³/mol.